The lowest BCUT2D eigenvalue weighted by Crippen LogP contribution is -1.81. The van der Waals surface area contributed by atoms with Gasteiger partial charge in [-0.2, -0.15) is 0 Å². The zero-order chi connectivity index (χ0) is 11.5. The Labute approximate surface area is 100 Å². The maximum atomic E-state index is 5.90. The number of alkyl halides is 1. The Morgan fingerprint density at radius 2 is 2.00 bits per heavy atom. The lowest BCUT2D eigenvalue weighted by atomic mass is 10.1. The van der Waals surface area contributed by atoms with E-state index in [9.17, 15) is 0 Å². The standard InChI is InChI=1S/C13H14ClNO/c1-3-10-4-6-11(7-5-10)12-8-15-13(16-12)9(2)14/h4-9H,3H2,1-2H3. The minimum atomic E-state index is -0.191. The average molecular weight is 236 g/mol. The lowest BCUT2D eigenvalue weighted by Gasteiger charge is -1.99. The third-order valence-electron chi connectivity index (χ3n) is 2.51. The second-order valence-corrected chi connectivity index (χ2v) is 4.38. The van der Waals surface area contributed by atoms with Gasteiger partial charge in [0, 0.05) is 5.56 Å². The first-order chi connectivity index (χ1) is 7.70. The average Bonchev–Trinajstić information content (AvgIpc) is 2.78. The Bertz CT molecular complexity index is 459. The molecular weight excluding hydrogens is 222 g/mol. The van der Waals surface area contributed by atoms with E-state index in [2.05, 4.69) is 24.0 Å². The Hall–Kier alpha value is -1.28. The molecule has 2 rings (SSSR count). The topological polar surface area (TPSA) is 26.0 Å². The van der Waals surface area contributed by atoms with Gasteiger partial charge in [0.2, 0.25) is 5.89 Å². The normalized spacial score (nSPS) is 12.7. The summed E-state index contributed by atoms with van der Waals surface area (Å²) in [6.45, 7) is 3.98. The van der Waals surface area contributed by atoms with Crippen molar-refractivity contribution in [2.24, 2.45) is 0 Å². The molecule has 0 spiro atoms. The fourth-order valence-electron chi connectivity index (χ4n) is 1.51. The van der Waals surface area contributed by atoms with E-state index in [1.165, 1.54) is 5.56 Å². The third kappa shape index (κ3) is 2.27. The van der Waals surface area contributed by atoms with Crippen molar-refractivity contribution in [3.63, 3.8) is 0 Å². The molecule has 16 heavy (non-hydrogen) atoms. The van der Waals surface area contributed by atoms with E-state index in [1.807, 2.05) is 19.1 Å². The molecule has 0 amide bonds. The summed E-state index contributed by atoms with van der Waals surface area (Å²) in [5, 5.41) is -0.191. The first-order valence-corrected chi connectivity index (χ1v) is 5.83. The van der Waals surface area contributed by atoms with Crippen LogP contribution >= 0.6 is 11.6 Å². The van der Waals surface area contributed by atoms with Crippen molar-refractivity contribution >= 4 is 11.6 Å². The van der Waals surface area contributed by atoms with Crippen LogP contribution in [0.1, 0.15) is 30.7 Å². The molecule has 2 nitrogen and oxygen atoms in total. The summed E-state index contributed by atoms with van der Waals surface area (Å²) < 4.78 is 5.56. The van der Waals surface area contributed by atoms with Crippen LogP contribution in [0.3, 0.4) is 0 Å². The number of aryl methyl sites for hydroxylation is 1. The van der Waals surface area contributed by atoms with Crippen molar-refractivity contribution in [2.45, 2.75) is 25.6 Å². The van der Waals surface area contributed by atoms with Crippen molar-refractivity contribution in [1.82, 2.24) is 4.98 Å². The first-order valence-electron chi connectivity index (χ1n) is 5.39. The van der Waals surface area contributed by atoms with Crippen molar-refractivity contribution in [2.75, 3.05) is 0 Å². The Balaban J connectivity index is 2.28. The van der Waals surface area contributed by atoms with E-state index in [-0.39, 0.29) is 5.38 Å². The van der Waals surface area contributed by atoms with Crippen molar-refractivity contribution in [3.05, 3.63) is 41.9 Å². The van der Waals surface area contributed by atoms with Gasteiger partial charge in [0.25, 0.3) is 0 Å². The van der Waals surface area contributed by atoms with E-state index in [0.717, 1.165) is 17.7 Å². The first kappa shape index (κ1) is 11.2. The zero-order valence-corrected chi connectivity index (χ0v) is 10.2. The molecule has 1 heterocycles. The predicted molar refractivity (Wildman–Crippen MR) is 65.6 cm³/mol. The summed E-state index contributed by atoms with van der Waals surface area (Å²) in [6.07, 6.45) is 2.76. The molecule has 1 atom stereocenters. The van der Waals surface area contributed by atoms with E-state index < -0.39 is 0 Å². The fourth-order valence-corrected chi connectivity index (χ4v) is 1.61. The molecule has 0 N–H and O–H groups in total. The van der Waals surface area contributed by atoms with Gasteiger partial charge in [0.1, 0.15) is 5.38 Å². The summed E-state index contributed by atoms with van der Waals surface area (Å²) in [4.78, 5) is 4.14. The maximum absolute atomic E-state index is 5.90. The van der Waals surface area contributed by atoms with Crippen LogP contribution in [0, 0.1) is 0 Å². The van der Waals surface area contributed by atoms with E-state index in [0.29, 0.717) is 5.89 Å². The Kier molecular flexibility index (Phi) is 3.30. The molecule has 3 heteroatoms. The Morgan fingerprint density at radius 3 is 2.50 bits per heavy atom. The molecule has 1 aromatic heterocycles. The molecule has 0 aliphatic rings. The minimum Gasteiger partial charge on any atom is -0.439 e. The van der Waals surface area contributed by atoms with Crippen LogP contribution in [0.15, 0.2) is 34.9 Å². The molecule has 0 saturated carbocycles. The summed E-state index contributed by atoms with van der Waals surface area (Å²) >= 11 is 5.90. The molecule has 0 fully saturated rings. The third-order valence-corrected chi connectivity index (χ3v) is 2.70. The Morgan fingerprint density at radius 1 is 1.31 bits per heavy atom. The van der Waals surface area contributed by atoms with Gasteiger partial charge in [0.15, 0.2) is 5.76 Å². The molecule has 0 radical (unpaired) electrons. The van der Waals surface area contributed by atoms with Gasteiger partial charge in [-0.3, -0.25) is 0 Å². The number of rotatable bonds is 3. The molecule has 84 valence electrons. The van der Waals surface area contributed by atoms with Crippen molar-refractivity contribution in [1.29, 1.82) is 0 Å². The van der Waals surface area contributed by atoms with Gasteiger partial charge >= 0.3 is 0 Å². The van der Waals surface area contributed by atoms with Crippen molar-refractivity contribution < 1.29 is 4.42 Å². The monoisotopic (exact) mass is 235 g/mol. The summed E-state index contributed by atoms with van der Waals surface area (Å²) in [6, 6.07) is 8.29. The molecule has 0 bridgehead atoms. The maximum Gasteiger partial charge on any atom is 0.212 e. The van der Waals surface area contributed by atoms with Crippen LogP contribution in [0.4, 0.5) is 0 Å². The second-order valence-electron chi connectivity index (χ2n) is 3.73. The highest BCUT2D eigenvalue weighted by Gasteiger charge is 2.10. The van der Waals surface area contributed by atoms with Crippen molar-refractivity contribution in [3.8, 4) is 11.3 Å². The van der Waals surface area contributed by atoms with Crippen LogP contribution in [-0.2, 0) is 6.42 Å². The zero-order valence-electron chi connectivity index (χ0n) is 9.40. The van der Waals surface area contributed by atoms with E-state index in [1.54, 1.807) is 6.20 Å². The van der Waals surface area contributed by atoms with E-state index >= 15 is 0 Å². The van der Waals surface area contributed by atoms with Crippen LogP contribution in [0.25, 0.3) is 11.3 Å². The smallest absolute Gasteiger partial charge is 0.212 e. The molecule has 0 aliphatic carbocycles. The molecule has 0 aliphatic heterocycles. The van der Waals surface area contributed by atoms with Crippen LogP contribution in [-0.4, -0.2) is 4.98 Å². The largest absolute Gasteiger partial charge is 0.439 e. The van der Waals surface area contributed by atoms with Gasteiger partial charge in [-0.05, 0) is 18.9 Å². The van der Waals surface area contributed by atoms with Gasteiger partial charge in [0.05, 0.1) is 6.20 Å². The highest BCUT2D eigenvalue weighted by Crippen LogP contribution is 2.25. The van der Waals surface area contributed by atoms with Gasteiger partial charge in [-0.15, -0.1) is 11.6 Å². The van der Waals surface area contributed by atoms with Crippen LogP contribution in [0.5, 0.6) is 0 Å². The highest BCUT2D eigenvalue weighted by molar-refractivity contribution is 6.20. The SMILES string of the molecule is CCc1ccc(-c2cnc(C(C)Cl)o2)cc1. The number of hydrogen-bond acceptors (Lipinski definition) is 2. The van der Waals surface area contributed by atoms with Gasteiger partial charge in [-0.1, -0.05) is 31.2 Å². The number of hydrogen-bond donors (Lipinski definition) is 0. The predicted octanol–water partition coefficient (Wildman–Crippen LogP) is 4.20. The molecule has 1 unspecified atom stereocenters. The molecule has 0 saturated heterocycles. The quantitative estimate of drug-likeness (QED) is 0.745. The number of oxazole rings is 1. The molecule has 1 aromatic carbocycles. The number of benzene rings is 1. The van der Waals surface area contributed by atoms with Gasteiger partial charge in [-0.25, -0.2) is 4.98 Å². The summed E-state index contributed by atoms with van der Waals surface area (Å²) in [5.74, 6) is 1.33. The summed E-state index contributed by atoms with van der Waals surface area (Å²) in [5.41, 5.74) is 2.35. The molecular formula is C13H14ClNO. The summed E-state index contributed by atoms with van der Waals surface area (Å²) in [7, 11) is 0. The fraction of sp³-hybridized carbons (Fsp3) is 0.308. The second kappa shape index (κ2) is 4.71. The van der Waals surface area contributed by atoms with E-state index in [4.69, 9.17) is 16.0 Å². The lowest BCUT2D eigenvalue weighted by molar-refractivity contribution is 0.508. The molecule has 2 aromatic rings. The highest BCUT2D eigenvalue weighted by atomic mass is 35.5. The minimum absolute atomic E-state index is 0.191. The van der Waals surface area contributed by atoms with Crippen LogP contribution in [0.2, 0.25) is 0 Å². The number of halogens is 1. The number of aromatic nitrogens is 1. The van der Waals surface area contributed by atoms with Gasteiger partial charge < -0.3 is 4.42 Å². The number of nitrogens with zero attached hydrogens (tertiary/aromatic N) is 1. The van der Waals surface area contributed by atoms with Crippen LogP contribution < -0.4 is 0 Å².